The summed E-state index contributed by atoms with van der Waals surface area (Å²) in [6.45, 7) is 5.13. The lowest BCUT2D eigenvalue weighted by Gasteiger charge is -2.38. The summed E-state index contributed by atoms with van der Waals surface area (Å²) >= 11 is 6.09. The van der Waals surface area contributed by atoms with E-state index in [0.29, 0.717) is 18.2 Å². The molecule has 25 heavy (non-hydrogen) atoms. The second kappa shape index (κ2) is 6.78. The highest BCUT2D eigenvalue weighted by Crippen LogP contribution is 2.33. The molecule has 0 aliphatic carbocycles. The Morgan fingerprint density at radius 2 is 1.88 bits per heavy atom. The van der Waals surface area contributed by atoms with E-state index in [-0.39, 0.29) is 5.79 Å². The van der Waals surface area contributed by atoms with Crippen molar-refractivity contribution in [1.82, 2.24) is 9.97 Å². The zero-order valence-electron chi connectivity index (χ0n) is 14.2. The second-order valence-electron chi connectivity index (χ2n) is 6.44. The quantitative estimate of drug-likeness (QED) is 0.903. The maximum absolute atomic E-state index is 6.09. The van der Waals surface area contributed by atoms with Crippen molar-refractivity contribution >= 4 is 28.9 Å². The normalized spacial score (nSPS) is 19.4. The van der Waals surface area contributed by atoms with E-state index in [1.807, 2.05) is 31.2 Å². The van der Waals surface area contributed by atoms with Gasteiger partial charge in [0.05, 0.1) is 13.2 Å². The van der Waals surface area contributed by atoms with Gasteiger partial charge in [-0.05, 0) is 24.6 Å². The van der Waals surface area contributed by atoms with Crippen molar-refractivity contribution in [3.05, 3.63) is 41.2 Å². The molecule has 3 heterocycles. The molecule has 2 aromatic rings. The Balaban J connectivity index is 1.47. The average molecular weight is 361 g/mol. The Morgan fingerprint density at radius 1 is 1.12 bits per heavy atom. The highest BCUT2D eigenvalue weighted by Gasteiger charge is 2.40. The number of nitrogens with one attached hydrogen (secondary N) is 1. The highest BCUT2D eigenvalue weighted by atomic mass is 35.5. The van der Waals surface area contributed by atoms with E-state index < -0.39 is 0 Å². The number of hydrogen-bond acceptors (Lipinski definition) is 6. The molecule has 1 aromatic heterocycles. The molecule has 2 saturated heterocycles. The van der Waals surface area contributed by atoms with Crippen LogP contribution < -0.4 is 10.2 Å². The number of ether oxygens (including phenoxy) is 2. The maximum Gasteiger partial charge on any atom is 0.171 e. The molecule has 0 atom stereocenters. The molecule has 6 nitrogen and oxygen atoms in total. The van der Waals surface area contributed by atoms with E-state index in [1.54, 1.807) is 6.33 Å². The van der Waals surface area contributed by atoms with Crippen LogP contribution in [-0.4, -0.2) is 42.1 Å². The predicted molar refractivity (Wildman–Crippen MR) is 97.6 cm³/mol. The number of aryl methyl sites for hydroxylation is 1. The van der Waals surface area contributed by atoms with Crippen molar-refractivity contribution < 1.29 is 9.47 Å². The number of nitrogens with zero attached hydrogens (tertiary/aromatic N) is 3. The van der Waals surface area contributed by atoms with Crippen molar-refractivity contribution in [3.8, 4) is 0 Å². The smallest absolute Gasteiger partial charge is 0.171 e. The van der Waals surface area contributed by atoms with Gasteiger partial charge in [0, 0.05) is 42.7 Å². The maximum atomic E-state index is 6.09. The summed E-state index contributed by atoms with van der Waals surface area (Å²) in [5, 5.41) is 4.02. The van der Waals surface area contributed by atoms with E-state index in [0.717, 1.165) is 48.8 Å². The second-order valence-corrected chi connectivity index (χ2v) is 6.88. The van der Waals surface area contributed by atoms with Crippen LogP contribution in [-0.2, 0) is 9.47 Å². The first-order chi connectivity index (χ1) is 12.1. The van der Waals surface area contributed by atoms with E-state index in [1.165, 1.54) is 0 Å². The van der Waals surface area contributed by atoms with Gasteiger partial charge in [-0.1, -0.05) is 17.7 Å². The van der Waals surface area contributed by atoms with E-state index in [4.69, 9.17) is 21.1 Å². The largest absolute Gasteiger partial charge is 0.356 e. The number of rotatable bonds is 3. The number of benzene rings is 1. The van der Waals surface area contributed by atoms with Gasteiger partial charge in [0.15, 0.2) is 5.79 Å². The number of anilines is 3. The average Bonchev–Trinajstić information content (AvgIpc) is 3.07. The molecule has 7 heteroatoms. The van der Waals surface area contributed by atoms with Gasteiger partial charge >= 0.3 is 0 Å². The van der Waals surface area contributed by atoms with E-state index in [9.17, 15) is 0 Å². The zero-order chi connectivity index (χ0) is 17.3. The third kappa shape index (κ3) is 3.56. The van der Waals surface area contributed by atoms with Crippen LogP contribution in [0.4, 0.5) is 17.3 Å². The molecule has 0 amide bonds. The van der Waals surface area contributed by atoms with Gasteiger partial charge in [-0.2, -0.15) is 0 Å². The third-order valence-electron chi connectivity index (χ3n) is 4.78. The molecule has 1 N–H and O–H groups in total. The minimum absolute atomic E-state index is 0.373. The Bertz CT molecular complexity index is 754. The molecule has 0 radical (unpaired) electrons. The van der Waals surface area contributed by atoms with Crippen molar-refractivity contribution in [2.24, 2.45) is 0 Å². The SMILES string of the molecule is Cc1ccc(Cl)cc1Nc1cc(N2CCC3(CC2)OCCO3)ncn1. The summed E-state index contributed by atoms with van der Waals surface area (Å²) in [6, 6.07) is 7.73. The molecule has 2 aliphatic heterocycles. The van der Waals surface area contributed by atoms with Crippen LogP contribution in [0.3, 0.4) is 0 Å². The summed E-state index contributed by atoms with van der Waals surface area (Å²) in [7, 11) is 0. The molecule has 2 fully saturated rings. The number of hydrogen-bond donors (Lipinski definition) is 1. The van der Waals surface area contributed by atoms with Crippen molar-refractivity contribution in [1.29, 1.82) is 0 Å². The fourth-order valence-electron chi connectivity index (χ4n) is 3.32. The fraction of sp³-hybridized carbons (Fsp3) is 0.444. The van der Waals surface area contributed by atoms with E-state index >= 15 is 0 Å². The first-order valence-corrected chi connectivity index (χ1v) is 8.89. The molecular formula is C18H21ClN4O2. The van der Waals surface area contributed by atoms with Gasteiger partial charge in [-0.3, -0.25) is 0 Å². The Kier molecular flexibility index (Phi) is 4.50. The van der Waals surface area contributed by atoms with Gasteiger partial charge in [0.2, 0.25) is 0 Å². The van der Waals surface area contributed by atoms with Crippen LogP contribution in [0.25, 0.3) is 0 Å². The van der Waals surface area contributed by atoms with Gasteiger partial charge < -0.3 is 19.7 Å². The summed E-state index contributed by atoms with van der Waals surface area (Å²) in [5.41, 5.74) is 2.06. The van der Waals surface area contributed by atoms with Crippen LogP contribution >= 0.6 is 11.6 Å². The summed E-state index contributed by atoms with van der Waals surface area (Å²) in [6.07, 6.45) is 3.30. The Hall–Kier alpha value is -1.89. The Morgan fingerprint density at radius 3 is 2.64 bits per heavy atom. The van der Waals surface area contributed by atoms with Gasteiger partial charge in [-0.25, -0.2) is 9.97 Å². The topological polar surface area (TPSA) is 59.5 Å². The molecule has 1 spiro atoms. The fourth-order valence-corrected chi connectivity index (χ4v) is 3.49. The van der Waals surface area contributed by atoms with Crippen LogP contribution in [0.2, 0.25) is 5.02 Å². The predicted octanol–water partition coefficient (Wildman–Crippen LogP) is 3.53. The Labute approximate surface area is 152 Å². The lowest BCUT2D eigenvalue weighted by atomic mass is 10.0. The molecule has 0 bridgehead atoms. The highest BCUT2D eigenvalue weighted by molar-refractivity contribution is 6.30. The zero-order valence-corrected chi connectivity index (χ0v) is 14.9. The molecule has 132 valence electrons. The van der Waals surface area contributed by atoms with Crippen molar-refractivity contribution in [2.75, 3.05) is 36.5 Å². The summed E-state index contributed by atoms with van der Waals surface area (Å²) in [4.78, 5) is 11.0. The van der Waals surface area contributed by atoms with E-state index in [2.05, 4.69) is 20.2 Å². The monoisotopic (exact) mass is 360 g/mol. The molecule has 1 aromatic carbocycles. The van der Waals surface area contributed by atoms with Gasteiger partial charge in [-0.15, -0.1) is 0 Å². The van der Waals surface area contributed by atoms with Crippen LogP contribution in [0.1, 0.15) is 18.4 Å². The molecule has 2 aliphatic rings. The summed E-state index contributed by atoms with van der Waals surface area (Å²) in [5.74, 6) is 1.29. The minimum Gasteiger partial charge on any atom is -0.356 e. The standard InChI is InChI=1S/C18H21ClN4O2/c1-13-2-3-14(19)10-15(13)22-16-11-17(21-12-20-16)23-6-4-18(5-7-23)24-8-9-25-18/h2-3,10-12H,4-9H2,1H3,(H,20,21,22). The summed E-state index contributed by atoms with van der Waals surface area (Å²) < 4.78 is 11.6. The first-order valence-electron chi connectivity index (χ1n) is 8.52. The third-order valence-corrected chi connectivity index (χ3v) is 5.01. The lowest BCUT2D eigenvalue weighted by molar-refractivity contribution is -0.169. The van der Waals surface area contributed by atoms with Gasteiger partial charge in [0.25, 0.3) is 0 Å². The lowest BCUT2D eigenvalue weighted by Crippen LogP contribution is -2.45. The van der Waals surface area contributed by atoms with Gasteiger partial charge in [0.1, 0.15) is 18.0 Å². The first kappa shape index (κ1) is 16.6. The molecule has 4 rings (SSSR count). The van der Waals surface area contributed by atoms with Crippen molar-refractivity contribution in [2.45, 2.75) is 25.6 Å². The van der Waals surface area contributed by atoms with Crippen LogP contribution in [0.15, 0.2) is 30.6 Å². The van der Waals surface area contributed by atoms with Crippen LogP contribution in [0.5, 0.6) is 0 Å². The minimum atomic E-state index is -0.373. The number of piperidine rings is 1. The van der Waals surface area contributed by atoms with Crippen LogP contribution in [0, 0.1) is 6.92 Å². The molecule has 0 saturated carbocycles. The number of halogens is 1. The molecule has 0 unspecified atom stereocenters. The molecular weight excluding hydrogens is 340 g/mol. The number of aromatic nitrogens is 2. The van der Waals surface area contributed by atoms with Crippen molar-refractivity contribution in [3.63, 3.8) is 0 Å².